The van der Waals surface area contributed by atoms with Gasteiger partial charge in [-0.05, 0) is 28.6 Å². The Kier molecular flexibility index (Phi) is 4.31. The van der Waals surface area contributed by atoms with Crippen LogP contribution in [0.1, 0.15) is 5.56 Å². The topological polar surface area (TPSA) is 66.3 Å². The summed E-state index contributed by atoms with van der Waals surface area (Å²) in [4.78, 5) is 15.6. The molecule has 7 nitrogen and oxygen atoms in total. The standard InChI is InChI=1S/C16H12ClN5O2/c1-18-13-7-5-8-14(22-16(23)21(2)19-20-22)11(13)10-24-15-9-4-3-6-12(15)17/h3-9H,10H2,2H3. The summed E-state index contributed by atoms with van der Waals surface area (Å²) >= 11 is 6.08. The molecule has 0 N–H and O–H groups in total. The lowest BCUT2D eigenvalue weighted by Crippen LogP contribution is -2.23. The lowest BCUT2D eigenvalue weighted by molar-refractivity contribution is 0.306. The van der Waals surface area contributed by atoms with E-state index in [0.29, 0.717) is 27.7 Å². The van der Waals surface area contributed by atoms with E-state index in [1.807, 2.05) is 0 Å². The van der Waals surface area contributed by atoms with E-state index >= 15 is 0 Å². The molecule has 0 saturated carbocycles. The van der Waals surface area contributed by atoms with Crippen LogP contribution in [-0.4, -0.2) is 19.8 Å². The third-order valence-electron chi connectivity index (χ3n) is 3.41. The first-order valence-corrected chi connectivity index (χ1v) is 7.35. The van der Waals surface area contributed by atoms with Gasteiger partial charge in [-0.3, -0.25) is 0 Å². The van der Waals surface area contributed by atoms with Crippen molar-refractivity contribution >= 4 is 17.3 Å². The molecule has 3 aromatic rings. The smallest absolute Gasteiger partial charge is 0.368 e. The van der Waals surface area contributed by atoms with Gasteiger partial charge in [0, 0.05) is 12.6 Å². The zero-order chi connectivity index (χ0) is 17.1. The first-order chi connectivity index (χ1) is 11.6. The highest BCUT2D eigenvalue weighted by atomic mass is 35.5. The summed E-state index contributed by atoms with van der Waals surface area (Å²) < 4.78 is 7.98. The predicted octanol–water partition coefficient (Wildman–Crippen LogP) is 2.75. The third-order valence-corrected chi connectivity index (χ3v) is 3.72. The van der Waals surface area contributed by atoms with E-state index in [2.05, 4.69) is 15.3 Å². The second kappa shape index (κ2) is 6.56. The molecule has 0 unspecified atom stereocenters. The minimum Gasteiger partial charge on any atom is -0.489 e. The van der Waals surface area contributed by atoms with E-state index in [-0.39, 0.29) is 6.61 Å². The number of hydrogen-bond acceptors (Lipinski definition) is 4. The molecule has 0 aliphatic rings. The van der Waals surface area contributed by atoms with Crippen LogP contribution in [0.15, 0.2) is 47.3 Å². The van der Waals surface area contributed by atoms with Crippen molar-refractivity contribution in [3.8, 4) is 11.4 Å². The van der Waals surface area contributed by atoms with Gasteiger partial charge in [0.05, 0.1) is 17.3 Å². The molecule has 0 saturated heterocycles. The zero-order valence-corrected chi connectivity index (χ0v) is 13.4. The molecule has 2 aromatic carbocycles. The van der Waals surface area contributed by atoms with Crippen molar-refractivity contribution in [2.75, 3.05) is 0 Å². The molecule has 3 rings (SSSR count). The largest absolute Gasteiger partial charge is 0.489 e. The summed E-state index contributed by atoms with van der Waals surface area (Å²) in [6.45, 7) is 7.41. The average Bonchev–Trinajstić information content (AvgIpc) is 2.93. The molecule has 8 heteroatoms. The molecular formula is C16H12ClN5O2. The second-order valence-corrected chi connectivity index (χ2v) is 5.31. The number of halogens is 1. The number of para-hydroxylation sites is 1. The molecule has 0 radical (unpaired) electrons. The summed E-state index contributed by atoms with van der Waals surface area (Å²) in [6.07, 6.45) is 0. The Morgan fingerprint density at radius 2 is 2.00 bits per heavy atom. The molecule has 0 bridgehead atoms. The first-order valence-electron chi connectivity index (χ1n) is 6.98. The van der Waals surface area contributed by atoms with Gasteiger partial charge in [-0.1, -0.05) is 35.9 Å². The Balaban J connectivity index is 2.03. The average molecular weight is 342 g/mol. The van der Waals surface area contributed by atoms with E-state index in [1.165, 1.54) is 7.05 Å². The van der Waals surface area contributed by atoms with Crippen molar-refractivity contribution in [2.45, 2.75) is 6.61 Å². The Morgan fingerprint density at radius 3 is 2.67 bits per heavy atom. The van der Waals surface area contributed by atoms with Gasteiger partial charge in [0.15, 0.2) is 5.69 Å². The van der Waals surface area contributed by atoms with Crippen LogP contribution < -0.4 is 10.4 Å². The first kappa shape index (κ1) is 15.8. The molecule has 120 valence electrons. The normalized spacial score (nSPS) is 10.4. The summed E-state index contributed by atoms with van der Waals surface area (Å²) in [7, 11) is 1.50. The van der Waals surface area contributed by atoms with E-state index in [4.69, 9.17) is 22.9 Å². The Morgan fingerprint density at radius 1 is 1.21 bits per heavy atom. The monoisotopic (exact) mass is 341 g/mol. The SMILES string of the molecule is [C-]#[N+]c1cccc(-n2nnn(C)c2=O)c1COc1ccccc1Cl. The molecule has 0 amide bonds. The van der Waals surface area contributed by atoms with Gasteiger partial charge >= 0.3 is 5.69 Å². The van der Waals surface area contributed by atoms with E-state index in [1.54, 1.807) is 42.5 Å². The fourth-order valence-electron chi connectivity index (χ4n) is 2.19. The van der Waals surface area contributed by atoms with Gasteiger partial charge in [-0.2, -0.15) is 9.36 Å². The predicted molar refractivity (Wildman–Crippen MR) is 88.6 cm³/mol. The van der Waals surface area contributed by atoms with Crippen LogP contribution in [-0.2, 0) is 13.7 Å². The quantitative estimate of drug-likeness (QED) is 0.684. The van der Waals surface area contributed by atoms with Gasteiger partial charge in [0.25, 0.3) is 0 Å². The van der Waals surface area contributed by atoms with Crippen LogP contribution in [0.2, 0.25) is 5.02 Å². The number of aromatic nitrogens is 4. The van der Waals surface area contributed by atoms with Crippen LogP contribution in [0.3, 0.4) is 0 Å². The molecule has 1 aromatic heterocycles. The molecule has 0 fully saturated rings. The van der Waals surface area contributed by atoms with Crippen LogP contribution in [0, 0.1) is 6.57 Å². The van der Waals surface area contributed by atoms with Gasteiger partial charge in [0.1, 0.15) is 12.4 Å². The maximum atomic E-state index is 12.1. The number of ether oxygens (including phenoxy) is 1. The Labute approximate surface area is 142 Å². The number of benzene rings is 2. The van der Waals surface area contributed by atoms with Crippen LogP contribution in [0.25, 0.3) is 10.5 Å². The lowest BCUT2D eigenvalue weighted by atomic mass is 10.1. The summed E-state index contributed by atoms with van der Waals surface area (Å²) in [5.74, 6) is 0.497. The fraction of sp³-hybridized carbons (Fsp3) is 0.125. The van der Waals surface area contributed by atoms with Gasteiger partial charge in [-0.15, -0.1) is 0 Å². The fourth-order valence-corrected chi connectivity index (χ4v) is 2.38. The summed E-state index contributed by atoms with van der Waals surface area (Å²) in [5, 5.41) is 7.99. The Bertz CT molecular complexity index is 987. The highest BCUT2D eigenvalue weighted by Crippen LogP contribution is 2.29. The minimum atomic E-state index is -0.406. The summed E-state index contributed by atoms with van der Waals surface area (Å²) in [6, 6.07) is 12.1. The number of nitrogens with zero attached hydrogens (tertiary/aromatic N) is 5. The van der Waals surface area contributed by atoms with Crippen LogP contribution >= 0.6 is 11.6 Å². The van der Waals surface area contributed by atoms with Crippen molar-refractivity contribution in [1.29, 1.82) is 0 Å². The molecule has 1 heterocycles. The summed E-state index contributed by atoms with van der Waals surface area (Å²) in [5.41, 5.74) is 0.955. The van der Waals surface area contributed by atoms with Crippen molar-refractivity contribution < 1.29 is 4.74 Å². The highest BCUT2D eigenvalue weighted by Gasteiger charge is 2.15. The lowest BCUT2D eigenvalue weighted by Gasteiger charge is -2.12. The van der Waals surface area contributed by atoms with Gasteiger partial charge in [0.2, 0.25) is 0 Å². The number of aryl methyl sites for hydroxylation is 1. The Hall–Kier alpha value is -3.11. The maximum absolute atomic E-state index is 12.1. The molecule has 0 spiro atoms. The number of hydrogen-bond donors (Lipinski definition) is 0. The number of rotatable bonds is 4. The van der Waals surface area contributed by atoms with Crippen molar-refractivity contribution in [3.05, 3.63) is 75.0 Å². The number of tetrazole rings is 1. The van der Waals surface area contributed by atoms with E-state index in [9.17, 15) is 4.79 Å². The second-order valence-electron chi connectivity index (χ2n) is 4.90. The van der Waals surface area contributed by atoms with Crippen LogP contribution in [0.5, 0.6) is 5.75 Å². The van der Waals surface area contributed by atoms with Gasteiger partial charge in [-0.25, -0.2) is 9.64 Å². The van der Waals surface area contributed by atoms with Crippen molar-refractivity contribution in [1.82, 2.24) is 19.8 Å². The van der Waals surface area contributed by atoms with Crippen molar-refractivity contribution in [2.24, 2.45) is 7.05 Å². The highest BCUT2D eigenvalue weighted by molar-refractivity contribution is 6.32. The van der Waals surface area contributed by atoms with Crippen LogP contribution in [0.4, 0.5) is 5.69 Å². The molecule has 24 heavy (non-hydrogen) atoms. The van der Waals surface area contributed by atoms with Crippen molar-refractivity contribution in [3.63, 3.8) is 0 Å². The third kappa shape index (κ3) is 2.87. The van der Waals surface area contributed by atoms with Gasteiger partial charge < -0.3 is 4.74 Å². The molecule has 0 atom stereocenters. The molecule has 0 aliphatic carbocycles. The zero-order valence-electron chi connectivity index (χ0n) is 12.7. The molecular weight excluding hydrogens is 330 g/mol. The maximum Gasteiger partial charge on any atom is 0.368 e. The van der Waals surface area contributed by atoms with E-state index in [0.717, 1.165) is 9.36 Å². The molecule has 0 aliphatic heterocycles. The minimum absolute atomic E-state index is 0.0701. The van der Waals surface area contributed by atoms with E-state index < -0.39 is 5.69 Å².